The fourth-order valence-electron chi connectivity index (χ4n) is 2.47. The van der Waals surface area contributed by atoms with Gasteiger partial charge in [-0.2, -0.15) is 0 Å². The molecule has 0 atom stereocenters. The van der Waals surface area contributed by atoms with Gasteiger partial charge in [-0.1, -0.05) is 36.4 Å². The highest BCUT2D eigenvalue weighted by Gasteiger charge is 2.25. The largest absolute Gasteiger partial charge is 0.506 e. The summed E-state index contributed by atoms with van der Waals surface area (Å²) in [5.41, 5.74) is 1.33. The van der Waals surface area contributed by atoms with Crippen LogP contribution in [0.5, 0.6) is 11.5 Å². The summed E-state index contributed by atoms with van der Waals surface area (Å²) in [6.45, 7) is 3.87. The number of carbonyl (C=O) groups excluding carboxylic acids is 1. The van der Waals surface area contributed by atoms with Crippen molar-refractivity contribution in [2.45, 2.75) is 19.4 Å². The molecule has 116 valence electrons. The van der Waals surface area contributed by atoms with Crippen molar-refractivity contribution in [3.05, 3.63) is 71.3 Å². The molecule has 0 bridgehead atoms. The van der Waals surface area contributed by atoms with Gasteiger partial charge in [0.2, 0.25) is 0 Å². The number of ether oxygens (including phenoxy) is 1. The summed E-state index contributed by atoms with van der Waals surface area (Å²) in [5.74, 6) is 0.294. The van der Waals surface area contributed by atoms with E-state index in [0.717, 1.165) is 5.56 Å². The van der Waals surface area contributed by atoms with Crippen molar-refractivity contribution < 1.29 is 14.6 Å². The first kappa shape index (κ1) is 15.1. The average molecular weight is 306 g/mol. The monoisotopic (exact) mass is 306 g/mol. The second-order valence-corrected chi connectivity index (χ2v) is 6.02. The number of fused-ring (bicyclic) bond motifs is 1. The Kier molecular flexibility index (Phi) is 3.78. The van der Waals surface area contributed by atoms with Crippen molar-refractivity contribution in [2.75, 3.05) is 0 Å². The van der Waals surface area contributed by atoms with E-state index in [1.165, 1.54) is 6.08 Å². The smallest absolute Gasteiger partial charge is 0.189 e. The summed E-state index contributed by atoms with van der Waals surface area (Å²) in [4.78, 5) is 12.3. The minimum absolute atomic E-state index is 0.0445. The molecular formula is C20H18O3. The SMILES string of the molecule is CC1(C)C=Cc2c(ccc(C(=O)C=Cc3ccccc3)c2O)O1. The number of phenolic OH excluding ortho intramolecular Hbond substituents is 1. The van der Waals surface area contributed by atoms with E-state index in [2.05, 4.69) is 0 Å². The Balaban J connectivity index is 1.90. The Labute approximate surface area is 135 Å². The molecule has 2 aromatic rings. The van der Waals surface area contributed by atoms with E-state index in [1.807, 2.05) is 50.3 Å². The van der Waals surface area contributed by atoms with Crippen LogP contribution >= 0.6 is 0 Å². The lowest BCUT2D eigenvalue weighted by atomic mass is 9.98. The molecule has 0 aliphatic carbocycles. The summed E-state index contributed by atoms with van der Waals surface area (Å²) in [6, 6.07) is 12.9. The zero-order valence-electron chi connectivity index (χ0n) is 13.1. The highest BCUT2D eigenvalue weighted by Crippen LogP contribution is 2.38. The molecule has 0 radical (unpaired) electrons. The standard InChI is InChI=1S/C20H18O3/c1-20(2)13-12-16-18(23-20)11-9-15(19(16)22)17(21)10-8-14-6-4-3-5-7-14/h3-13,22H,1-2H3. The maximum absolute atomic E-state index is 12.3. The number of carbonyl (C=O) groups is 1. The number of aromatic hydroxyl groups is 1. The van der Waals surface area contributed by atoms with Gasteiger partial charge in [0.15, 0.2) is 5.78 Å². The number of rotatable bonds is 3. The molecule has 1 N–H and O–H groups in total. The summed E-state index contributed by atoms with van der Waals surface area (Å²) in [6.07, 6.45) is 6.86. The molecule has 0 amide bonds. The van der Waals surface area contributed by atoms with Crippen LogP contribution in [-0.2, 0) is 0 Å². The van der Waals surface area contributed by atoms with Crippen LogP contribution in [0, 0.1) is 0 Å². The van der Waals surface area contributed by atoms with Crippen LogP contribution in [0.1, 0.15) is 35.3 Å². The molecule has 3 heteroatoms. The number of hydrogen-bond donors (Lipinski definition) is 1. The predicted octanol–water partition coefficient (Wildman–Crippen LogP) is 4.47. The number of hydrogen-bond acceptors (Lipinski definition) is 3. The first-order valence-corrected chi connectivity index (χ1v) is 7.48. The van der Waals surface area contributed by atoms with Crippen molar-refractivity contribution >= 4 is 17.9 Å². The molecule has 1 heterocycles. The van der Waals surface area contributed by atoms with Crippen LogP contribution in [0.15, 0.2) is 54.6 Å². The first-order chi connectivity index (χ1) is 11.0. The average Bonchev–Trinajstić information content (AvgIpc) is 2.53. The summed E-state index contributed by atoms with van der Waals surface area (Å²) < 4.78 is 5.79. The van der Waals surface area contributed by atoms with E-state index in [4.69, 9.17) is 4.74 Å². The van der Waals surface area contributed by atoms with Gasteiger partial charge in [-0.15, -0.1) is 0 Å². The molecule has 0 spiro atoms. The quantitative estimate of drug-likeness (QED) is 0.672. The van der Waals surface area contributed by atoms with Crippen molar-refractivity contribution in [3.8, 4) is 11.5 Å². The van der Waals surface area contributed by atoms with Gasteiger partial charge in [0.1, 0.15) is 17.1 Å². The number of benzene rings is 2. The third kappa shape index (κ3) is 3.19. The lowest BCUT2D eigenvalue weighted by molar-refractivity contribution is 0.104. The number of allylic oxidation sites excluding steroid dienone is 1. The molecule has 23 heavy (non-hydrogen) atoms. The first-order valence-electron chi connectivity index (χ1n) is 7.48. The van der Waals surface area contributed by atoms with Gasteiger partial charge < -0.3 is 9.84 Å². The van der Waals surface area contributed by atoms with Crippen LogP contribution in [-0.4, -0.2) is 16.5 Å². The molecule has 3 rings (SSSR count). The molecule has 1 aliphatic heterocycles. The Morgan fingerprint density at radius 3 is 2.61 bits per heavy atom. The predicted molar refractivity (Wildman–Crippen MR) is 91.7 cm³/mol. The van der Waals surface area contributed by atoms with E-state index < -0.39 is 5.60 Å². The maximum Gasteiger partial charge on any atom is 0.189 e. The second kappa shape index (κ2) is 5.76. The fraction of sp³-hybridized carbons (Fsp3) is 0.150. The lowest BCUT2D eigenvalue weighted by Crippen LogP contribution is -2.27. The highest BCUT2D eigenvalue weighted by atomic mass is 16.5. The van der Waals surface area contributed by atoms with Crippen LogP contribution in [0.4, 0.5) is 0 Å². The topological polar surface area (TPSA) is 46.5 Å². The number of phenols is 1. The highest BCUT2D eigenvalue weighted by molar-refractivity contribution is 6.09. The van der Waals surface area contributed by atoms with Gasteiger partial charge in [-0.25, -0.2) is 0 Å². The molecule has 0 saturated heterocycles. The zero-order chi connectivity index (χ0) is 16.4. The summed E-state index contributed by atoms with van der Waals surface area (Å²) in [5, 5.41) is 10.4. The zero-order valence-corrected chi connectivity index (χ0v) is 13.1. The molecule has 0 unspecified atom stereocenters. The third-order valence-corrected chi connectivity index (χ3v) is 3.69. The normalized spacial score (nSPS) is 15.2. The van der Waals surface area contributed by atoms with E-state index in [9.17, 15) is 9.90 Å². The molecular weight excluding hydrogens is 288 g/mol. The van der Waals surface area contributed by atoms with Crippen LogP contribution < -0.4 is 4.74 Å². The van der Waals surface area contributed by atoms with E-state index in [1.54, 1.807) is 24.3 Å². The van der Waals surface area contributed by atoms with E-state index in [-0.39, 0.29) is 17.1 Å². The van der Waals surface area contributed by atoms with Gasteiger partial charge in [-0.05, 0) is 49.8 Å². The molecule has 0 fully saturated rings. The van der Waals surface area contributed by atoms with Crippen molar-refractivity contribution in [1.82, 2.24) is 0 Å². The fourth-order valence-corrected chi connectivity index (χ4v) is 2.47. The molecule has 0 aromatic heterocycles. The van der Waals surface area contributed by atoms with Gasteiger partial charge in [-0.3, -0.25) is 4.79 Å². The molecule has 2 aromatic carbocycles. The van der Waals surface area contributed by atoms with E-state index in [0.29, 0.717) is 11.3 Å². The van der Waals surface area contributed by atoms with Gasteiger partial charge in [0.05, 0.1) is 11.1 Å². The van der Waals surface area contributed by atoms with Crippen LogP contribution in [0.25, 0.3) is 12.2 Å². The van der Waals surface area contributed by atoms with Gasteiger partial charge in [0.25, 0.3) is 0 Å². The Morgan fingerprint density at radius 2 is 1.87 bits per heavy atom. The van der Waals surface area contributed by atoms with Crippen molar-refractivity contribution in [2.24, 2.45) is 0 Å². The molecule has 1 aliphatic rings. The minimum atomic E-state index is -0.418. The Bertz CT molecular complexity index is 799. The van der Waals surface area contributed by atoms with Crippen LogP contribution in [0.3, 0.4) is 0 Å². The lowest BCUT2D eigenvalue weighted by Gasteiger charge is -2.28. The Hall–Kier alpha value is -2.81. The van der Waals surface area contributed by atoms with Crippen molar-refractivity contribution in [3.63, 3.8) is 0 Å². The number of ketones is 1. The van der Waals surface area contributed by atoms with E-state index >= 15 is 0 Å². The third-order valence-electron chi connectivity index (χ3n) is 3.69. The molecule has 3 nitrogen and oxygen atoms in total. The minimum Gasteiger partial charge on any atom is -0.506 e. The van der Waals surface area contributed by atoms with Crippen molar-refractivity contribution in [1.29, 1.82) is 0 Å². The maximum atomic E-state index is 12.3. The van der Waals surface area contributed by atoms with Gasteiger partial charge in [0, 0.05) is 0 Å². The Morgan fingerprint density at radius 1 is 1.13 bits per heavy atom. The summed E-state index contributed by atoms with van der Waals surface area (Å²) in [7, 11) is 0. The molecule has 0 saturated carbocycles. The van der Waals surface area contributed by atoms with Crippen LogP contribution in [0.2, 0.25) is 0 Å². The summed E-state index contributed by atoms with van der Waals surface area (Å²) >= 11 is 0. The van der Waals surface area contributed by atoms with Gasteiger partial charge >= 0.3 is 0 Å². The second-order valence-electron chi connectivity index (χ2n) is 6.02.